The molecule has 0 aliphatic rings. The second kappa shape index (κ2) is 3.71. The molecule has 0 atom stereocenters. The van der Waals surface area contributed by atoms with Gasteiger partial charge in [0.25, 0.3) is 0 Å². The number of nitrogens with one attached hydrogen (secondary N) is 1. The van der Waals surface area contributed by atoms with Gasteiger partial charge < -0.3 is 10.4 Å². The Labute approximate surface area is 95.9 Å². The molecule has 0 saturated heterocycles. The number of aromatic hydroxyl groups is 1. The van der Waals surface area contributed by atoms with Gasteiger partial charge in [0, 0.05) is 18.1 Å². The number of aryl methyl sites for hydroxylation is 2. The van der Waals surface area contributed by atoms with Crippen molar-refractivity contribution in [3.05, 3.63) is 34.9 Å². The summed E-state index contributed by atoms with van der Waals surface area (Å²) in [6.45, 7) is 6.03. The molecular weight excluding hydrogens is 198 g/mol. The normalized spacial score (nSPS) is 10.8. The van der Waals surface area contributed by atoms with E-state index in [1.54, 1.807) is 0 Å². The molecule has 16 heavy (non-hydrogen) atoms. The maximum absolute atomic E-state index is 10.2. The van der Waals surface area contributed by atoms with Crippen molar-refractivity contribution in [2.24, 2.45) is 0 Å². The number of fused-ring (bicyclic) bond motifs is 1. The molecule has 0 fully saturated rings. The molecule has 0 spiro atoms. The lowest BCUT2D eigenvalue weighted by atomic mass is 9.98. The summed E-state index contributed by atoms with van der Waals surface area (Å²) in [6, 6.07) is 6.28. The van der Waals surface area contributed by atoms with Gasteiger partial charge in [-0.3, -0.25) is 0 Å². The monoisotopic (exact) mass is 215 g/mol. The fraction of sp³-hybridized carbons (Fsp3) is 0.286. The highest BCUT2D eigenvalue weighted by Gasteiger charge is 2.10. The fourth-order valence-corrected chi connectivity index (χ4v) is 2.11. The van der Waals surface area contributed by atoms with Crippen molar-refractivity contribution >= 4 is 16.5 Å². The Kier molecular flexibility index (Phi) is 2.50. The van der Waals surface area contributed by atoms with Gasteiger partial charge in [0.1, 0.15) is 5.75 Å². The molecule has 0 saturated carbocycles. The van der Waals surface area contributed by atoms with Crippen molar-refractivity contribution in [2.45, 2.75) is 20.8 Å². The highest BCUT2D eigenvalue weighted by molar-refractivity contribution is 6.00. The van der Waals surface area contributed by atoms with E-state index in [0.717, 1.165) is 27.6 Å². The third-order valence-corrected chi connectivity index (χ3v) is 3.14. The van der Waals surface area contributed by atoms with Gasteiger partial charge in [-0.1, -0.05) is 12.1 Å². The molecule has 0 amide bonds. The average molecular weight is 215 g/mol. The number of hydrogen-bond acceptors (Lipinski definition) is 2. The first-order chi connectivity index (χ1) is 7.54. The summed E-state index contributed by atoms with van der Waals surface area (Å²) in [5.74, 6) is 0.388. The van der Waals surface area contributed by atoms with Crippen molar-refractivity contribution in [1.29, 1.82) is 0 Å². The van der Waals surface area contributed by atoms with Gasteiger partial charge in [0.15, 0.2) is 0 Å². The van der Waals surface area contributed by atoms with Gasteiger partial charge in [0.05, 0.1) is 0 Å². The lowest BCUT2D eigenvalue weighted by molar-refractivity contribution is 0.477. The van der Waals surface area contributed by atoms with Crippen molar-refractivity contribution in [3.8, 4) is 5.75 Å². The minimum Gasteiger partial charge on any atom is -0.507 e. The van der Waals surface area contributed by atoms with E-state index in [0.29, 0.717) is 5.75 Å². The molecule has 0 aliphatic heterocycles. The standard InChI is InChI=1S/C14H17NO/c1-8-5-11-7-9(2)10(3)14(16)13(11)12(6-8)15-4/h5-7,15-16H,1-4H3. The molecule has 0 aliphatic carbocycles. The average Bonchev–Trinajstić information content (AvgIpc) is 2.24. The van der Waals surface area contributed by atoms with Crippen LogP contribution in [0.4, 0.5) is 5.69 Å². The van der Waals surface area contributed by atoms with Crippen LogP contribution in [-0.4, -0.2) is 12.2 Å². The highest BCUT2D eigenvalue weighted by atomic mass is 16.3. The van der Waals surface area contributed by atoms with Crippen LogP contribution in [0.3, 0.4) is 0 Å². The van der Waals surface area contributed by atoms with E-state index >= 15 is 0 Å². The molecule has 0 heterocycles. The smallest absolute Gasteiger partial charge is 0.128 e. The predicted octanol–water partition coefficient (Wildman–Crippen LogP) is 3.51. The Balaban J connectivity index is 2.95. The molecule has 0 unspecified atom stereocenters. The van der Waals surface area contributed by atoms with Crippen LogP contribution in [0.2, 0.25) is 0 Å². The lowest BCUT2D eigenvalue weighted by Crippen LogP contribution is -1.93. The molecule has 2 heteroatoms. The van der Waals surface area contributed by atoms with Gasteiger partial charge in [-0.05, 0) is 48.9 Å². The van der Waals surface area contributed by atoms with Gasteiger partial charge in [0.2, 0.25) is 0 Å². The van der Waals surface area contributed by atoms with Crippen LogP contribution < -0.4 is 5.32 Å². The predicted molar refractivity (Wildman–Crippen MR) is 69.4 cm³/mol. The second-order valence-electron chi connectivity index (χ2n) is 4.33. The van der Waals surface area contributed by atoms with E-state index in [4.69, 9.17) is 0 Å². The minimum atomic E-state index is 0.388. The number of benzene rings is 2. The summed E-state index contributed by atoms with van der Waals surface area (Å²) >= 11 is 0. The molecule has 2 N–H and O–H groups in total. The van der Waals surface area contributed by atoms with E-state index in [-0.39, 0.29) is 0 Å². The zero-order chi connectivity index (χ0) is 11.9. The molecule has 2 nitrogen and oxygen atoms in total. The van der Waals surface area contributed by atoms with E-state index < -0.39 is 0 Å². The summed E-state index contributed by atoms with van der Waals surface area (Å²) in [4.78, 5) is 0. The zero-order valence-electron chi connectivity index (χ0n) is 10.2. The molecular formula is C14H17NO. The summed E-state index contributed by atoms with van der Waals surface area (Å²) in [5, 5.41) is 15.3. The molecule has 2 aromatic carbocycles. The number of anilines is 1. The summed E-state index contributed by atoms with van der Waals surface area (Å²) in [7, 11) is 1.88. The van der Waals surface area contributed by atoms with Crippen molar-refractivity contribution in [2.75, 3.05) is 12.4 Å². The van der Waals surface area contributed by atoms with Crippen LogP contribution >= 0.6 is 0 Å². The first-order valence-corrected chi connectivity index (χ1v) is 5.46. The van der Waals surface area contributed by atoms with Gasteiger partial charge >= 0.3 is 0 Å². The number of hydrogen-bond donors (Lipinski definition) is 2. The molecule has 2 rings (SSSR count). The topological polar surface area (TPSA) is 32.3 Å². The summed E-state index contributed by atoms with van der Waals surface area (Å²) in [6.07, 6.45) is 0. The van der Waals surface area contributed by atoms with Crippen molar-refractivity contribution < 1.29 is 5.11 Å². The minimum absolute atomic E-state index is 0.388. The Morgan fingerprint density at radius 3 is 2.38 bits per heavy atom. The third-order valence-electron chi connectivity index (χ3n) is 3.14. The molecule has 84 valence electrons. The number of rotatable bonds is 1. The van der Waals surface area contributed by atoms with Crippen LogP contribution in [-0.2, 0) is 0 Å². The maximum atomic E-state index is 10.2. The summed E-state index contributed by atoms with van der Waals surface area (Å²) in [5.41, 5.74) is 4.25. The van der Waals surface area contributed by atoms with Gasteiger partial charge in [-0.15, -0.1) is 0 Å². The number of phenolic OH excluding ortho intramolecular Hbond substituents is 1. The quantitative estimate of drug-likeness (QED) is 0.763. The van der Waals surface area contributed by atoms with Crippen molar-refractivity contribution in [1.82, 2.24) is 0 Å². The number of phenols is 1. The molecule has 2 aromatic rings. The molecule has 0 bridgehead atoms. The van der Waals surface area contributed by atoms with E-state index in [2.05, 4.69) is 30.4 Å². The maximum Gasteiger partial charge on any atom is 0.128 e. The van der Waals surface area contributed by atoms with E-state index in [1.807, 2.05) is 20.9 Å². The largest absolute Gasteiger partial charge is 0.507 e. The molecule has 0 radical (unpaired) electrons. The second-order valence-corrected chi connectivity index (χ2v) is 4.33. The Morgan fingerprint density at radius 1 is 1.06 bits per heavy atom. The van der Waals surface area contributed by atoms with E-state index in [9.17, 15) is 5.11 Å². The Hall–Kier alpha value is -1.70. The van der Waals surface area contributed by atoms with Gasteiger partial charge in [-0.25, -0.2) is 0 Å². The highest BCUT2D eigenvalue weighted by Crippen LogP contribution is 2.36. The Bertz CT molecular complexity index is 558. The first-order valence-electron chi connectivity index (χ1n) is 5.46. The van der Waals surface area contributed by atoms with Crippen LogP contribution in [0.1, 0.15) is 16.7 Å². The Morgan fingerprint density at radius 2 is 1.75 bits per heavy atom. The van der Waals surface area contributed by atoms with Crippen molar-refractivity contribution in [3.63, 3.8) is 0 Å². The third kappa shape index (κ3) is 1.51. The fourth-order valence-electron chi connectivity index (χ4n) is 2.11. The lowest BCUT2D eigenvalue weighted by Gasteiger charge is -2.13. The van der Waals surface area contributed by atoms with Crippen LogP contribution in [0.5, 0.6) is 5.75 Å². The zero-order valence-corrected chi connectivity index (χ0v) is 10.2. The van der Waals surface area contributed by atoms with Crippen LogP contribution in [0, 0.1) is 20.8 Å². The van der Waals surface area contributed by atoms with E-state index in [1.165, 1.54) is 5.56 Å². The van der Waals surface area contributed by atoms with Crippen LogP contribution in [0.25, 0.3) is 10.8 Å². The first kappa shape index (κ1) is 10.8. The SMILES string of the molecule is CNc1cc(C)cc2cc(C)c(C)c(O)c12. The van der Waals surface area contributed by atoms with Crippen LogP contribution in [0.15, 0.2) is 18.2 Å². The van der Waals surface area contributed by atoms with Gasteiger partial charge in [-0.2, -0.15) is 0 Å². The molecule has 0 aromatic heterocycles. The summed E-state index contributed by atoms with van der Waals surface area (Å²) < 4.78 is 0.